The van der Waals surface area contributed by atoms with Crippen LogP contribution in [0.25, 0.3) is 0 Å². The smallest absolute Gasteiger partial charge is 0.147 e. The topological polar surface area (TPSA) is 17.1 Å². The van der Waals surface area contributed by atoms with Crippen molar-refractivity contribution >= 4 is 5.78 Å². The lowest BCUT2D eigenvalue weighted by Gasteiger charge is -2.14. The molecule has 156 valence electrons. The van der Waals surface area contributed by atoms with Gasteiger partial charge in [0.2, 0.25) is 0 Å². The number of allylic oxidation sites excluding steroid dienone is 4. The summed E-state index contributed by atoms with van der Waals surface area (Å²) in [5.41, 5.74) is 3.73. The highest BCUT2D eigenvalue weighted by atomic mass is 16.1. The maximum atomic E-state index is 12.4. The molecule has 4 rings (SSSR count). The van der Waals surface area contributed by atoms with Crippen molar-refractivity contribution in [2.75, 3.05) is 0 Å². The second kappa shape index (κ2) is 13.7. The van der Waals surface area contributed by atoms with E-state index in [0.717, 1.165) is 25.7 Å². The van der Waals surface area contributed by atoms with Gasteiger partial charge in [-0.05, 0) is 36.8 Å². The molecule has 0 spiro atoms. The zero-order chi connectivity index (χ0) is 21.5. The summed E-state index contributed by atoms with van der Waals surface area (Å²) in [5.74, 6) is 0.402. The molecule has 29 heavy (non-hydrogen) atoms. The van der Waals surface area contributed by atoms with E-state index in [1.165, 1.54) is 16.7 Å². The molecule has 1 saturated carbocycles. The maximum absolute atomic E-state index is 12.4. The van der Waals surface area contributed by atoms with Crippen molar-refractivity contribution in [2.24, 2.45) is 0 Å². The van der Waals surface area contributed by atoms with E-state index in [2.05, 4.69) is 55.5 Å². The van der Waals surface area contributed by atoms with Crippen molar-refractivity contribution in [3.63, 3.8) is 0 Å². The van der Waals surface area contributed by atoms with Gasteiger partial charge in [0.05, 0.1) is 5.41 Å². The molecular weight excluding hydrogens is 352 g/mol. The molecule has 1 heteroatoms. The van der Waals surface area contributed by atoms with Gasteiger partial charge in [-0.3, -0.25) is 4.79 Å². The van der Waals surface area contributed by atoms with Crippen LogP contribution in [-0.4, -0.2) is 5.78 Å². The first-order valence-corrected chi connectivity index (χ1v) is 11.2. The highest BCUT2D eigenvalue weighted by molar-refractivity contribution is 5.94. The van der Waals surface area contributed by atoms with E-state index in [1.807, 2.05) is 58.0 Å². The molecule has 2 aliphatic rings. The molecule has 0 aromatic heterocycles. The molecular formula is C28H38O. The van der Waals surface area contributed by atoms with Crippen LogP contribution in [0.4, 0.5) is 0 Å². The lowest BCUT2D eigenvalue weighted by atomic mass is 9.88. The number of Topliss-reactive ketones (excluding diaryl/α,β-unsaturated/α-hetero) is 1. The van der Waals surface area contributed by atoms with Gasteiger partial charge in [0.15, 0.2) is 0 Å². The zero-order valence-electron chi connectivity index (χ0n) is 18.9. The second-order valence-electron chi connectivity index (χ2n) is 6.84. The summed E-state index contributed by atoms with van der Waals surface area (Å²) >= 11 is 0. The number of aryl methyl sites for hydroxylation is 1. The van der Waals surface area contributed by atoms with Crippen molar-refractivity contribution in [1.82, 2.24) is 0 Å². The molecule has 1 nitrogen and oxygen atoms in total. The number of benzene rings is 2. The van der Waals surface area contributed by atoms with Crippen LogP contribution in [0.2, 0.25) is 0 Å². The molecule has 2 aliphatic carbocycles. The van der Waals surface area contributed by atoms with Gasteiger partial charge in [-0.2, -0.15) is 0 Å². The van der Waals surface area contributed by atoms with Gasteiger partial charge in [0, 0.05) is 6.42 Å². The summed E-state index contributed by atoms with van der Waals surface area (Å²) < 4.78 is 0. The van der Waals surface area contributed by atoms with Crippen LogP contribution < -0.4 is 0 Å². The van der Waals surface area contributed by atoms with Crippen molar-refractivity contribution in [3.05, 3.63) is 95.6 Å². The lowest BCUT2D eigenvalue weighted by molar-refractivity contribution is -0.120. The summed E-state index contributed by atoms with van der Waals surface area (Å²) in [6, 6.07) is 20.7. The van der Waals surface area contributed by atoms with Crippen molar-refractivity contribution < 1.29 is 4.79 Å². The number of ketones is 1. The third-order valence-corrected chi connectivity index (χ3v) is 5.10. The molecule has 2 aromatic carbocycles. The van der Waals surface area contributed by atoms with E-state index in [4.69, 9.17) is 0 Å². The van der Waals surface area contributed by atoms with Crippen LogP contribution in [0.5, 0.6) is 0 Å². The molecule has 0 saturated heterocycles. The third-order valence-electron chi connectivity index (χ3n) is 5.10. The number of hydrogen-bond donors (Lipinski definition) is 0. The monoisotopic (exact) mass is 390 g/mol. The molecule has 0 heterocycles. The summed E-state index contributed by atoms with van der Waals surface area (Å²) in [6.45, 7) is 10.2. The first kappa shape index (κ1) is 24.6. The number of carbonyl (C=O) groups excluding carboxylic acids is 1. The molecule has 2 aromatic rings. The summed E-state index contributed by atoms with van der Waals surface area (Å²) in [7, 11) is 0. The Balaban J connectivity index is 0.000000296. The van der Waals surface area contributed by atoms with Crippen molar-refractivity contribution in [1.29, 1.82) is 0 Å². The van der Waals surface area contributed by atoms with Crippen LogP contribution in [0.1, 0.15) is 71.4 Å². The fourth-order valence-electron chi connectivity index (χ4n) is 3.32. The Morgan fingerprint density at radius 1 is 0.862 bits per heavy atom. The fourth-order valence-corrected chi connectivity index (χ4v) is 3.32. The third kappa shape index (κ3) is 7.49. The van der Waals surface area contributed by atoms with Crippen molar-refractivity contribution in [2.45, 2.75) is 72.1 Å². The molecule has 1 fully saturated rings. The fraction of sp³-hybridized carbons (Fsp3) is 0.393. The predicted molar refractivity (Wildman–Crippen MR) is 127 cm³/mol. The van der Waals surface area contributed by atoms with E-state index in [9.17, 15) is 4.79 Å². The lowest BCUT2D eigenvalue weighted by Crippen LogP contribution is -2.20. The van der Waals surface area contributed by atoms with Gasteiger partial charge in [-0.15, -0.1) is 0 Å². The van der Waals surface area contributed by atoms with Crippen LogP contribution in [-0.2, 0) is 16.6 Å². The zero-order valence-corrected chi connectivity index (χ0v) is 18.9. The summed E-state index contributed by atoms with van der Waals surface area (Å²) in [4.78, 5) is 12.4. The minimum absolute atomic E-state index is 0.148. The molecule has 0 aliphatic heterocycles. The number of hydrogen-bond acceptors (Lipinski definition) is 1. The Bertz CT molecular complexity index is 749. The molecule has 0 N–H and O–H groups in total. The van der Waals surface area contributed by atoms with E-state index < -0.39 is 0 Å². The minimum Gasteiger partial charge on any atom is -0.298 e. The first-order valence-electron chi connectivity index (χ1n) is 11.2. The second-order valence-corrected chi connectivity index (χ2v) is 6.84. The molecule has 0 radical (unpaired) electrons. The average molecular weight is 391 g/mol. The van der Waals surface area contributed by atoms with Gasteiger partial charge in [-0.25, -0.2) is 0 Å². The Kier molecular flexibility index (Phi) is 11.6. The quantitative estimate of drug-likeness (QED) is 0.507. The standard InChI is InChI=1S/C16H16O.C8H10.2C2H6/c17-15(12-13-6-4-5-7-13)16(10-11-16)14-8-2-1-3-9-14;1-2-8-6-4-3-5-7-8;2*1-2/h1-6,8-9H,7,10-12H2;3-7H,2H2,1H3;2*1-2H3. The minimum atomic E-state index is -0.148. The van der Waals surface area contributed by atoms with E-state index in [1.54, 1.807) is 0 Å². The first-order chi connectivity index (χ1) is 14.2. The Morgan fingerprint density at radius 3 is 1.83 bits per heavy atom. The average Bonchev–Trinajstić information content (AvgIpc) is 3.48. The predicted octanol–water partition coefficient (Wildman–Crippen LogP) is 7.87. The number of carbonyl (C=O) groups is 1. The van der Waals surface area contributed by atoms with E-state index in [-0.39, 0.29) is 5.41 Å². The molecule has 0 bridgehead atoms. The highest BCUT2D eigenvalue weighted by Gasteiger charge is 2.50. The molecule has 0 atom stereocenters. The normalized spacial score (nSPS) is 14.7. The number of rotatable bonds is 5. The van der Waals surface area contributed by atoms with Gasteiger partial charge in [-0.1, -0.05) is 119 Å². The van der Waals surface area contributed by atoms with E-state index >= 15 is 0 Å². The summed E-state index contributed by atoms with van der Waals surface area (Å²) in [5, 5.41) is 0. The molecule has 0 amide bonds. The van der Waals surface area contributed by atoms with Gasteiger partial charge < -0.3 is 0 Å². The van der Waals surface area contributed by atoms with E-state index in [0.29, 0.717) is 12.2 Å². The summed E-state index contributed by atoms with van der Waals surface area (Å²) in [6.07, 6.45) is 11.0. The van der Waals surface area contributed by atoms with Crippen LogP contribution in [0, 0.1) is 0 Å². The maximum Gasteiger partial charge on any atom is 0.147 e. The molecule has 0 unspecified atom stereocenters. The Labute approximate surface area is 178 Å². The van der Waals surface area contributed by atoms with Crippen LogP contribution >= 0.6 is 0 Å². The SMILES string of the molecule is CC.CC.CCc1ccccc1.O=C(CC1=CC=CC1)C1(c2ccccc2)CC1. The van der Waals surface area contributed by atoms with Crippen LogP contribution in [0.15, 0.2) is 84.5 Å². The van der Waals surface area contributed by atoms with Gasteiger partial charge >= 0.3 is 0 Å². The van der Waals surface area contributed by atoms with Gasteiger partial charge in [0.1, 0.15) is 5.78 Å². The van der Waals surface area contributed by atoms with Crippen molar-refractivity contribution in [3.8, 4) is 0 Å². The largest absolute Gasteiger partial charge is 0.298 e. The Hall–Kier alpha value is -2.41. The van der Waals surface area contributed by atoms with Gasteiger partial charge in [0.25, 0.3) is 0 Å². The highest BCUT2D eigenvalue weighted by Crippen LogP contribution is 2.50. The Morgan fingerprint density at radius 2 is 1.41 bits per heavy atom. The van der Waals surface area contributed by atoms with Crippen LogP contribution in [0.3, 0.4) is 0 Å².